The predicted molar refractivity (Wildman–Crippen MR) is 85.0 cm³/mol. The van der Waals surface area contributed by atoms with Crippen LogP contribution in [0.3, 0.4) is 0 Å². The largest absolute Gasteiger partial charge is 0.353 e. The van der Waals surface area contributed by atoms with Gasteiger partial charge in [0.1, 0.15) is 0 Å². The molecule has 1 fully saturated rings. The number of hydrogen-bond acceptors (Lipinski definition) is 3. The molecule has 20 heavy (non-hydrogen) atoms. The molecule has 1 aromatic rings. The molecule has 3 N–H and O–H groups in total. The number of nitrogens with one attached hydrogen (secondary N) is 1. The van der Waals surface area contributed by atoms with Gasteiger partial charge in [-0.3, -0.25) is 4.79 Å². The smallest absolute Gasteiger partial charge is 0.230 e. The molecule has 4 heteroatoms. The van der Waals surface area contributed by atoms with Crippen LogP contribution in [-0.2, 0) is 4.79 Å². The third-order valence-electron chi connectivity index (χ3n) is 3.84. The van der Waals surface area contributed by atoms with Gasteiger partial charge in [-0.25, -0.2) is 0 Å². The molecule has 0 saturated heterocycles. The van der Waals surface area contributed by atoms with Gasteiger partial charge in [0.15, 0.2) is 0 Å². The predicted octanol–water partition coefficient (Wildman–Crippen LogP) is 2.78. The number of rotatable bonds is 4. The zero-order valence-electron chi connectivity index (χ0n) is 12.3. The lowest BCUT2D eigenvalue weighted by atomic mass is 9.92. The van der Waals surface area contributed by atoms with Gasteiger partial charge >= 0.3 is 0 Å². The zero-order chi connectivity index (χ0) is 14.5. The second-order valence-corrected chi connectivity index (χ2v) is 6.75. The normalized spacial score (nSPS) is 22.6. The van der Waals surface area contributed by atoms with Crippen molar-refractivity contribution in [1.29, 1.82) is 0 Å². The fourth-order valence-corrected chi connectivity index (χ4v) is 3.47. The second-order valence-electron chi connectivity index (χ2n) is 5.74. The summed E-state index contributed by atoms with van der Waals surface area (Å²) in [7, 11) is 0. The van der Waals surface area contributed by atoms with Crippen LogP contribution < -0.4 is 11.1 Å². The second kappa shape index (κ2) is 7.14. The van der Waals surface area contributed by atoms with E-state index in [1.54, 1.807) is 11.8 Å². The first-order chi connectivity index (χ1) is 9.54. The lowest BCUT2D eigenvalue weighted by Crippen LogP contribution is -2.41. The first-order valence-electron chi connectivity index (χ1n) is 7.29. The van der Waals surface area contributed by atoms with Crippen molar-refractivity contribution in [3.05, 3.63) is 29.3 Å². The quantitative estimate of drug-likeness (QED) is 0.839. The van der Waals surface area contributed by atoms with Crippen LogP contribution in [0.5, 0.6) is 0 Å². The number of nitrogens with two attached hydrogens (primary N) is 1. The maximum Gasteiger partial charge on any atom is 0.230 e. The molecular formula is C16H24N2OS. The summed E-state index contributed by atoms with van der Waals surface area (Å²) in [5.74, 6) is 0.628. The Labute approximate surface area is 125 Å². The molecule has 1 saturated carbocycles. The molecule has 0 unspecified atom stereocenters. The standard InChI is InChI=1S/C16H24N2OS/c1-11-3-4-12(2)15(9-11)20-10-16(19)18-14-7-5-13(17)6-8-14/h3-4,9,13-14H,5-8,10,17H2,1-2H3,(H,18,19). The maximum atomic E-state index is 12.0. The number of thioether (sulfide) groups is 1. The monoisotopic (exact) mass is 292 g/mol. The topological polar surface area (TPSA) is 55.1 Å². The average Bonchev–Trinajstić information content (AvgIpc) is 2.42. The number of hydrogen-bond donors (Lipinski definition) is 2. The van der Waals surface area contributed by atoms with Crippen molar-refractivity contribution in [2.75, 3.05) is 5.75 Å². The number of carbonyl (C=O) groups is 1. The lowest BCUT2D eigenvalue weighted by Gasteiger charge is -2.26. The highest BCUT2D eigenvalue weighted by Gasteiger charge is 2.19. The third-order valence-corrected chi connectivity index (χ3v) is 5.00. The van der Waals surface area contributed by atoms with Gasteiger partial charge in [-0.05, 0) is 51.2 Å². The van der Waals surface area contributed by atoms with Crippen LogP contribution in [0.2, 0.25) is 0 Å². The molecule has 1 amide bonds. The first kappa shape index (κ1) is 15.4. The Balaban J connectivity index is 1.79. The van der Waals surface area contributed by atoms with Crippen LogP contribution >= 0.6 is 11.8 Å². The number of benzene rings is 1. The van der Waals surface area contributed by atoms with Crippen LogP contribution in [0.1, 0.15) is 36.8 Å². The van der Waals surface area contributed by atoms with E-state index in [9.17, 15) is 4.79 Å². The van der Waals surface area contributed by atoms with Crippen molar-refractivity contribution in [3.8, 4) is 0 Å². The Bertz CT molecular complexity index is 468. The van der Waals surface area contributed by atoms with E-state index in [1.165, 1.54) is 16.0 Å². The van der Waals surface area contributed by atoms with E-state index in [1.807, 2.05) is 0 Å². The van der Waals surface area contributed by atoms with E-state index < -0.39 is 0 Å². The Kier molecular flexibility index (Phi) is 5.49. The molecule has 0 radical (unpaired) electrons. The molecule has 1 aliphatic rings. The van der Waals surface area contributed by atoms with Gasteiger partial charge in [0.25, 0.3) is 0 Å². The fraction of sp³-hybridized carbons (Fsp3) is 0.562. The van der Waals surface area contributed by atoms with Crippen LogP contribution in [0, 0.1) is 13.8 Å². The highest BCUT2D eigenvalue weighted by atomic mass is 32.2. The Morgan fingerprint density at radius 3 is 2.70 bits per heavy atom. The zero-order valence-corrected chi connectivity index (χ0v) is 13.1. The Morgan fingerprint density at radius 1 is 1.30 bits per heavy atom. The molecule has 0 aliphatic heterocycles. The number of aryl methyl sites for hydroxylation is 2. The van der Waals surface area contributed by atoms with Gasteiger partial charge in [-0.2, -0.15) is 0 Å². The molecule has 2 rings (SSSR count). The molecule has 110 valence electrons. The van der Waals surface area contributed by atoms with Crippen molar-refractivity contribution >= 4 is 17.7 Å². The van der Waals surface area contributed by atoms with Gasteiger partial charge < -0.3 is 11.1 Å². The summed E-state index contributed by atoms with van der Waals surface area (Å²) < 4.78 is 0. The van der Waals surface area contributed by atoms with Gasteiger partial charge in [-0.15, -0.1) is 11.8 Å². The average molecular weight is 292 g/mol. The lowest BCUT2D eigenvalue weighted by molar-refractivity contribution is -0.119. The summed E-state index contributed by atoms with van der Waals surface area (Å²) in [5, 5.41) is 3.13. The van der Waals surface area contributed by atoms with Gasteiger partial charge in [0.05, 0.1) is 5.75 Å². The minimum absolute atomic E-state index is 0.136. The highest BCUT2D eigenvalue weighted by Crippen LogP contribution is 2.23. The van der Waals surface area contributed by atoms with E-state index in [0.717, 1.165) is 25.7 Å². The van der Waals surface area contributed by atoms with E-state index in [2.05, 4.69) is 37.4 Å². The van der Waals surface area contributed by atoms with Crippen LogP contribution in [0.4, 0.5) is 0 Å². The van der Waals surface area contributed by atoms with Crippen molar-refractivity contribution in [3.63, 3.8) is 0 Å². The molecule has 3 nitrogen and oxygen atoms in total. The van der Waals surface area contributed by atoms with Gasteiger partial charge in [0, 0.05) is 17.0 Å². The summed E-state index contributed by atoms with van der Waals surface area (Å²) >= 11 is 1.62. The molecule has 0 spiro atoms. The maximum absolute atomic E-state index is 12.0. The highest BCUT2D eigenvalue weighted by molar-refractivity contribution is 8.00. The molecule has 1 aromatic carbocycles. The number of amides is 1. The van der Waals surface area contributed by atoms with E-state index >= 15 is 0 Å². The van der Waals surface area contributed by atoms with Gasteiger partial charge in [-0.1, -0.05) is 17.7 Å². The third kappa shape index (κ3) is 4.53. The van der Waals surface area contributed by atoms with Crippen molar-refractivity contribution < 1.29 is 4.79 Å². The van der Waals surface area contributed by atoms with E-state index in [0.29, 0.717) is 17.8 Å². The Hall–Kier alpha value is -1.00. The molecule has 1 aliphatic carbocycles. The van der Waals surface area contributed by atoms with Crippen molar-refractivity contribution in [2.24, 2.45) is 5.73 Å². The minimum Gasteiger partial charge on any atom is -0.353 e. The molecule has 0 aromatic heterocycles. The van der Waals surface area contributed by atoms with Crippen LogP contribution in [-0.4, -0.2) is 23.7 Å². The summed E-state index contributed by atoms with van der Waals surface area (Å²) in [5.41, 5.74) is 8.35. The Morgan fingerprint density at radius 2 is 2.00 bits per heavy atom. The summed E-state index contributed by atoms with van der Waals surface area (Å²) in [4.78, 5) is 13.2. The molecule has 0 atom stereocenters. The van der Waals surface area contributed by atoms with Crippen LogP contribution in [0.25, 0.3) is 0 Å². The molecule has 0 bridgehead atoms. The fourth-order valence-electron chi connectivity index (χ4n) is 2.54. The van der Waals surface area contributed by atoms with E-state index in [4.69, 9.17) is 5.73 Å². The van der Waals surface area contributed by atoms with Crippen molar-refractivity contribution in [1.82, 2.24) is 5.32 Å². The van der Waals surface area contributed by atoms with E-state index in [-0.39, 0.29) is 5.91 Å². The van der Waals surface area contributed by atoms with Crippen LogP contribution in [0.15, 0.2) is 23.1 Å². The molecular weight excluding hydrogens is 268 g/mol. The first-order valence-corrected chi connectivity index (χ1v) is 8.28. The summed E-state index contributed by atoms with van der Waals surface area (Å²) in [6.07, 6.45) is 4.08. The van der Waals surface area contributed by atoms with Crippen molar-refractivity contribution in [2.45, 2.75) is 56.5 Å². The summed E-state index contributed by atoms with van der Waals surface area (Å²) in [6.45, 7) is 4.16. The molecule has 0 heterocycles. The minimum atomic E-state index is 0.136. The van der Waals surface area contributed by atoms with Gasteiger partial charge in [0.2, 0.25) is 5.91 Å². The number of carbonyl (C=O) groups excluding carboxylic acids is 1. The summed E-state index contributed by atoms with van der Waals surface area (Å²) in [6, 6.07) is 7.00. The SMILES string of the molecule is Cc1ccc(C)c(SCC(=O)NC2CCC(N)CC2)c1.